The van der Waals surface area contributed by atoms with E-state index in [1.54, 1.807) is 18.2 Å². The van der Waals surface area contributed by atoms with Crippen LogP contribution in [0.4, 0.5) is 10.5 Å². The number of hydrogen-bond acceptors (Lipinski definition) is 6. The van der Waals surface area contributed by atoms with Gasteiger partial charge in [0.1, 0.15) is 0 Å². The highest BCUT2D eigenvalue weighted by Crippen LogP contribution is 2.31. The average Bonchev–Trinajstić information content (AvgIpc) is 2.83. The van der Waals surface area contributed by atoms with Crippen molar-refractivity contribution in [3.63, 3.8) is 0 Å². The number of carboxylic acid groups (broad SMARTS) is 1. The van der Waals surface area contributed by atoms with Crippen molar-refractivity contribution in [3.8, 4) is 0 Å². The van der Waals surface area contributed by atoms with Crippen molar-refractivity contribution in [2.75, 3.05) is 5.32 Å². The maximum Gasteiger partial charge on any atom is 0.295 e. The molecule has 1 aliphatic heterocycles. The maximum atomic E-state index is 12.5. The highest BCUT2D eigenvalue weighted by atomic mass is 32.2. The van der Waals surface area contributed by atoms with Gasteiger partial charge in [-0.3, -0.25) is 9.59 Å². The van der Waals surface area contributed by atoms with Crippen molar-refractivity contribution in [2.45, 2.75) is 12.3 Å². The fraction of sp³-hybridized carbons (Fsp3) is 0.118. The SMILES string of the molecule is C=C/C(=C\C=C/C)N1C(=O)S[C@@H](Nc2ccc(C(=O)[O-])cc2)C1=O. The van der Waals surface area contributed by atoms with Gasteiger partial charge in [-0.1, -0.05) is 30.9 Å². The summed E-state index contributed by atoms with van der Waals surface area (Å²) in [4.78, 5) is 36.4. The molecule has 0 aromatic heterocycles. The number of anilines is 1. The maximum absolute atomic E-state index is 12.5. The van der Waals surface area contributed by atoms with Crippen molar-refractivity contribution < 1.29 is 19.5 Å². The predicted octanol–water partition coefficient (Wildman–Crippen LogP) is 2.13. The van der Waals surface area contributed by atoms with Crippen molar-refractivity contribution in [3.05, 3.63) is 66.4 Å². The Kier molecular flexibility index (Phi) is 5.59. The lowest BCUT2D eigenvalue weighted by atomic mass is 10.2. The zero-order valence-corrected chi connectivity index (χ0v) is 13.7. The van der Waals surface area contributed by atoms with Gasteiger partial charge in [-0.25, -0.2) is 4.90 Å². The first-order chi connectivity index (χ1) is 11.5. The van der Waals surface area contributed by atoms with Crippen LogP contribution in [0.5, 0.6) is 0 Å². The van der Waals surface area contributed by atoms with Crippen molar-refractivity contribution in [1.29, 1.82) is 0 Å². The zero-order chi connectivity index (χ0) is 17.7. The van der Waals surface area contributed by atoms with Gasteiger partial charge in [0.05, 0.1) is 11.7 Å². The van der Waals surface area contributed by atoms with Gasteiger partial charge in [-0.15, -0.1) is 0 Å². The Morgan fingerprint density at radius 1 is 1.33 bits per heavy atom. The minimum atomic E-state index is -1.28. The van der Waals surface area contributed by atoms with Gasteiger partial charge in [0.25, 0.3) is 11.1 Å². The lowest BCUT2D eigenvalue weighted by Crippen LogP contribution is -2.33. The summed E-state index contributed by atoms with van der Waals surface area (Å²) in [6.07, 6.45) is 6.55. The molecule has 0 bridgehead atoms. The van der Waals surface area contributed by atoms with Crippen molar-refractivity contribution in [2.24, 2.45) is 0 Å². The number of carboxylic acids is 1. The number of aromatic carboxylic acids is 1. The summed E-state index contributed by atoms with van der Waals surface area (Å²) in [7, 11) is 0. The number of nitrogens with zero attached hydrogens (tertiary/aromatic N) is 1. The van der Waals surface area contributed by atoms with Crippen LogP contribution in [0.15, 0.2) is 60.8 Å². The fourth-order valence-electron chi connectivity index (χ4n) is 2.02. The Labute approximate surface area is 143 Å². The molecule has 6 nitrogen and oxygen atoms in total. The number of benzene rings is 1. The molecule has 124 valence electrons. The minimum Gasteiger partial charge on any atom is -0.545 e. The number of imide groups is 1. The van der Waals surface area contributed by atoms with Crippen LogP contribution in [0.1, 0.15) is 17.3 Å². The molecule has 2 rings (SSSR count). The molecular weight excluding hydrogens is 328 g/mol. The Bertz CT molecular complexity index is 737. The van der Waals surface area contributed by atoms with E-state index in [0.717, 1.165) is 16.7 Å². The van der Waals surface area contributed by atoms with Gasteiger partial charge in [0.2, 0.25) is 0 Å². The molecule has 0 radical (unpaired) electrons. The largest absolute Gasteiger partial charge is 0.545 e. The number of hydrogen-bond donors (Lipinski definition) is 1. The number of allylic oxidation sites excluding steroid dienone is 4. The molecule has 1 aromatic rings. The van der Waals surface area contributed by atoms with E-state index in [2.05, 4.69) is 11.9 Å². The number of carbonyl (C=O) groups excluding carboxylic acids is 3. The predicted molar refractivity (Wildman–Crippen MR) is 91.1 cm³/mol. The third-order valence-electron chi connectivity index (χ3n) is 3.19. The van der Waals surface area contributed by atoms with Crippen LogP contribution >= 0.6 is 11.8 Å². The normalized spacial score (nSPS) is 18.3. The van der Waals surface area contributed by atoms with E-state index in [1.165, 1.54) is 30.3 Å². The fourth-order valence-corrected chi connectivity index (χ4v) is 2.92. The molecule has 24 heavy (non-hydrogen) atoms. The Hall–Kier alpha value is -2.80. The van der Waals surface area contributed by atoms with Gasteiger partial charge in [-0.2, -0.15) is 0 Å². The van der Waals surface area contributed by atoms with Gasteiger partial charge in [-0.05, 0) is 48.5 Å². The van der Waals surface area contributed by atoms with Gasteiger partial charge in [0.15, 0.2) is 5.37 Å². The standard InChI is InChI=1S/C17H16N2O4S/c1-3-5-6-13(4-2)19-15(20)14(24-17(19)23)18-12-9-7-11(8-10-12)16(21)22/h3-10,14,18H,2H2,1H3,(H,21,22)/p-1/b5-3-,13-6+/t14-/m1/s1. The molecule has 7 heteroatoms. The van der Waals surface area contributed by atoms with E-state index in [0.29, 0.717) is 11.4 Å². The van der Waals surface area contributed by atoms with Crippen LogP contribution in [-0.2, 0) is 4.79 Å². The quantitative estimate of drug-likeness (QED) is 0.796. The second-order valence-corrected chi connectivity index (χ2v) is 5.82. The zero-order valence-electron chi connectivity index (χ0n) is 12.9. The van der Waals surface area contributed by atoms with Crippen LogP contribution in [0.3, 0.4) is 0 Å². The van der Waals surface area contributed by atoms with E-state index in [9.17, 15) is 19.5 Å². The molecule has 0 unspecified atom stereocenters. The second kappa shape index (κ2) is 7.65. The minimum absolute atomic E-state index is 0.0342. The van der Waals surface area contributed by atoms with Gasteiger partial charge >= 0.3 is 0 Å². The van der Waals surface area contributed by atoms with Crippen LogP contribution < -0.4 is 10.4 Å². The molecule has 1 aromatic carbocycles. The summed E-state index contributed by atoms with van der Waals surface area (Å²) in [6.45, 7) is 5.44. The number of thioether (sulfide) groups is 1. The summed E-state index contributed by atoms with van der Waals surface area (Å²) < 4.78 is 0. The highest BCUT2D eigenvalue weighted by molar-refractivity contribution is 8.15. The van der Waals surface area contributed by atoms with E-state index >= 15 is 0 Å². The number of nitrogens with one attached hydrogen (secondary N) is 1. The molecule has 1 saturated heterocycles. The first-order valence-corrected chi connectivity index (χ1v) is 7.94. The number of carbonyl (C=O) groups is 3. The van der Waals surface area contributed by atoms with Crippen LogP contribution in [0, 0.1) is 0 Å². The van der Waals surface area contributed by atoms with Crippen LogP contribution in [0.25, 0.3) is 0 Å². The summed E-state index contributed by atoms with van der Waals surface area (Å²) in [6, 6.07) is 5.75. The van der Waals surface area contributed by atoms with Gasteiger partial charge in [0, 0.05) is 5.69 Å². The molecule has 1 N–H and O–H groups in total. The molecule has 0 spiro atoms. The average molecular weight is 343 g/mol. The van der Waals surface area contributed by atoms with E-state index in [-0.39, 0.29) is 5.56 Å². The van der Waals surface area contributed by atoms with E-state index in [1.807, 2.05) is 6.92 Å². The monoisotopic (exact) mass is 343 g/mol. The lowest BCUT2D eigenvalue weighted by Gasteiger charge is -2.15. The van der Waals surface area contributed by atoms with E-state index in [4.69, 9.17) is 0 Å². The third-order valence-corrected chi connectivity index (χ3v) is 4.13. The molecule has 0 saturated carbocycles. The second-order valence-electron chi connectivity index (χ2n) is 4.77. The molecule has 1 atom stereocenters. The molecule has 2 amide bonds. The molecule has 1 fully saturated rings. The first-order valence-electron chi connectivity index (χ1n) is 7.06. The summed E-state index contributed by atoms with van der Waals surface area (Å²) >= 11 is 0.849. The van der Waals surface area contributed by atoms with E-state index < -0.39 is 22.5 Å². The smallest absolute Gasteiger partial charge is 0.295 e. The lowest BCUT2D eigenvalue weighted by molar-refractivity contribution is -0.255. The molecule has 1 heterocycles. The number of rotatable bonds is 6. The van der Waals surface area contributed by atoms with Crippen molar-refractivity contribution in [1.82, 2.24) is 4.90 Å². The molecule has 1 aliphatic rings. The Balaban J connectivity index is 2.16. The molecular formula is C17H15N2O4S-. The summed E-state index contributed by atoms with van der Waals surface area (Å²) in [5.74, 6) is -1.69. The number of amides is 2. The molecule has 0 aliphatic carbocycles. The van der Waals surface area contributed by atoms with Crippen LogP contribution in [0.2, 0.25) is 0 Å². The topological polar surface area (TPSA) is 89.5 Å². The summed E-state index contributed by atoms with van der Waals surface area (Å²) in [5, 5.41) is 12.4. The summed E-state index contributed by atoms with van der Waals surface area (Å²) in [5.41, 5.74) is 0.956. The van der Waals surface area contributed by atoms with Crippen LogP contribution in [-0.4, -0.2) is 27.4 Å². The third kappa shape index (κ3) is 3.75. The first kappa shape index (κ1) is 17.6. The Morgan fingerprint density at radius 2 is 2.00 bits per heavy atom. The van der Waals surface area contributed by atoms with Gasteiger partial charge < -0.3 is 15.2 Å². The Morgan fingerprint density at radius 3 is 2.54 bits per heavy atom. The van der Waals surface area contributed by atoms with Crippen molar-refractivity contribution >= 4 is 34.6 Å². The highest BCUT2D eigenvalue weighted by Gasteiger charge is 2.40.